The Balaban J connectivity index is 2.72. The van der Waals surface area contributed by atoms with Crippen LogP contribution >= 0.6 is 0 Å². The molecule has 0 unspecified atom stereocenters. The molecule has 0 fully saturated rings. The van der Waals surface area contributed by atoms with Crippen LogP contribution in [-0.4, -0.2) is 22.0 Å². The van der Waals surface area contributed by atoms with Gasteiger partial charge >= 0.3 is 0 Å². The zero-order valence-corrected chi connectivity index (χ0v) is 12.0. The van der Waals surface area contributed by atoms with Gasteiger partial charge in [0, 0.05) is 6.54 Å². The van der Waals surface area contributed by atoms with E-state index < -0.39 is 10.0 Å². The van der Waals surface area contributed by atoms with E-state index >= 15 is 0 Å². The maximum Gasteiger partial charge on any atom is 0.242 e. The van der Waals surface area contributed by atoms with Crippen molar-refractivity contribution in [2.75, 3.05) is 18.9 Å². The second kappa shape index (κ2) is 6.75. The molecular formula is C13H22N2O2S. The van der Waals surface area contributed by atoms with Crippen molar-refractivity contribution in [2.45, 2.75) is 31.6 Å². The molecule has 4 nitrogen and oxygen atoms in total. The smallest absolute Gasteiger partial charge is 0.242 e. The number of rotatable bonds is 7. The highest BCUT2D eigenvalue weighted by atomic mass is 32.2. The Morgan fingerprint density at radius 3 is 2.50 bits per heavy atom. The third kappa shape index (κ3) is 4.31. The quantitative estimate of drug-likeness (QED) is 0.748. The molecule has 102 valence electrons. The molecule has 0 bridgehead atoms. The first kappa shape index (κ1) is 15.0. The Bertz CT molecular complexity index is 470. The molecule has 0 saturated carbocycles. The van der Waals surface area contributed by atoms with Gasteiger partial charge in [0.1, 0.15) is 4.90 Å². The molecule has 0 saturated heterocycles. The van der Waals surface area contributed by atoms with Gasteiger partial charge in [-0.05, 0) is 37.9 Å². The molecule has 0 spiro atoms. The summed E-state index contributed by atoms with van der Waals surface area (Å²) in [6.45, 7) is 5.15. The van der Waals surface area contributed by atoms with Crippen LogP contribution in [0.5, 0.6) is 0 Å². The maximum atomic E-state index is 11.8. The number of hydrogen-bond acceptors (Lipinski definition) is 3. The summed E-state index contributed by atoms with van der Waals surface area (Å²) in [5.74, 6) is 0.670. The SMILES string of the molecule is CNS(=O)(=O)c1ccccc1NCCCC(C)C. The average Bonchev–Trinajstić information content (AvgIpc) is 2.35. The molecule has 0 aliphatic carbocycles. The maximum absolute atomic E-state index is 11.8. The van der Waals surface area contributed by atoms with Gasteiger partial charge in [-0.3, -0.25) is 0 Å². The summed E-state index contributed by atoms with van der Waals surface area (Å²) in [4.78, 5) is 0.303. The van der Waals surface area contributed by atoms with Crippen molar-refractivity contribution in [1.29, 1.82) is 0 Å². The lowest BCUT2D eigenvalue weighted by Crippen LogP contribution is -2.20. The molecule has 0 aromatic heterocycles. The van der Waals surface area contributed by atoms with Crippen molar-refractivity contribution in [3.8, 4) is 0 Å². The molecule has 18 heavy (non-hydrogen) atoms. The minimum absolute atomic E-state index is 0.303. The fourth-order valence-electron chi connectivity index (χ4n) is 1.69. The second-order valence-electron chi connectivity index (χ2n) is 4.67. The van der Waals surface area contributed by atoms with Gasteiger partial charge in [0.15, 0.2) is 0 Å². The van der Waals surface area contributed by atoms with Gasteiger partial charge in [-0.1, -0.05) is 26.0 Å². The van der Waals surface area contributed by atoms with Crippen LogP contribution in [0, 0.1) is 5.92 Å². The summed E-state index contributed by atoms with van der Waals surface area (Å²) < 4.78 is 26.0. The molecule has 0 heterocycles. The number of benzene rings is 1. The summed E-state index contributed by atoms with van der Waals surface area (Å²) >= 11 is 0. The molecule has 2 N–H and O–H groups in total. The lowest BCUT2D eigenvalue weighted by molar-refractivity contribution is 0.566. The Hall–Kier alpha value is -1.07. The Labute approximate surface area is 110 Å². The van der Waals surface area contributed by atoms with Crippen molar-refractivity contribution in [1.82, 2.24) is 4.72 Å². The minimum Gasteiger partial charge on any atom is -0.384 e. The van der Waals surface area contributed by atoms with Crippen LogP contribution in [0.2, 0.25) is 0 Å². The molecule has 0 radical (unpaired) electrons. The van der Waals surface area contributed by atoms with E-state index in [1.807, 2.05) is 6.07 Å². The number of para-hydroxylation sites is 1. The highest BCUT2D eigenvalue weighted by Gasteiger charge is 2.15. The first-order chi connectivity index (χ1) is 8.47. The minimum atomic E-state index is -3.39. The van der Waals surface area contributed by atoms with Crippen LogP contribution in [0.3, 0.4) is 0 Å². The first-order valence-electron chi connectivity index (χ1n) is 6.24. The van der Waals surface area contributed by atoms with Crippen molar-refractivity contribution >= 4 is 15.7 Å². The third-order valence-corrected chi connectivity index (χ3v) is 4.19. The zero-order valence-electron chi connectivity index (χ0n) is 11.2. The second-order valence-corrected chi connectivity index (χ2v) is 6.52. The van der Waals surface area contributed by atoms with Gasteiger partial charge in [0.25, 0.3) is 0 Å². The topological polar surface area (TPSA) is 58.2 Å². The van der Waals surface area contributed by atoms with Crippen LogP contribution < -0.4 is 10.0 Å². The molecule has 5 heteroatoms. The summed E-state index contributed by atoms with van der Waals surface area (Å²) in [5.41, 5.74) is 0.663. The van der Waals surface area contributed by atoms with Gasteiger partial charge in [0.05, 0.1) is 5.69 Å². The van der Waals surface area contributed by atoms with Crippen LogP contribution in [-0.2, 0) is 10.0 Å². The molecule has 0 aliphatic heterocycles. The van der Waals surface area contributed by atoms with Gasteiger partial charge in [-0.15, -0.1) is 0 Å². The van der Waals surface area contributed by atoms with Gasteiger partial charge in [-0.25, -0.2) is 13.1 Å². The molecule has 0 atom stereocenters. The van der Waals surface area contributed by atoms with E-state index in [1.165, 1.54) is 7.05 Å². The lowest BCUT2D eigenvalue weighted by atomic mass is 10.1. The summed E-state index contributed by atoms with van der Waals surface area (Å²) in [7, 11) is -1.97. The number of anilines is 1. The van der Waals surface area contributed by atoms with Crippen LogP contribution in [0.15, 0.2) is 29.2 Å². The van der Waals surface area contributed by atoms with Crippen molar-refractivity contribution in [2.24, 2.45) is 5.92 Å². The number of nitrogens with one attached hydrogen (secondary N) is 2. The number of sulfonamides is 1. The Morgan fingerprint density at radius 2 is 1.89 bits per heavy atom. The van der Waals surface area contributed by atoms with E-state index in [9.17, 15) is 8.42 Å². The lowest BCUT2D eigenvalue weighted by Gasteiger charge is -2.12. The zero-order chi connectivity index (χ0) is 13.6. The van der Waals surface area contributed by atoms with E-state index in [0.29, 0.717) is 16.5 Å². The van der Waals surface area contributed by atoms with E-state index in [2.05, 4.69) is 23.9 Å². The van der Waals surface area contributed by atoms with E-state index in [-0.39, 0.29) is 0 Å². The summed E-state index contributed by atoms with van der Waals surface area (Å²) in [6.07, 6.45) is 2.17. The van der Waals surface area contributed by atoms with E-state index in [4.69, 9.17) is 0 Å². The van der Waals surface area contributed by atoms with Gasteiger partial charge in [-0.2, -0.15) is 0 Å². The number of hydrogen-bond donors (Lipinski definition) is 2. The summed E-state index contributed by atoms with van der Waals surface area (Å²) in [5, 5.41) is 3.19. The average molecular weight is 270 g/mol. The normalized spacial score (nSPS) is 11.8. The first-order valence-corrected chi connectivity index (χ1v) is 7.72. The van der Waals surface area contributed by atoms with Crippen molar-refractivity contribution in [3.63, 3.8) is 0 Å². The third-order valence-electron chi connectivity index (χ3n) is 2.72. The molecule has 1 aromatic carbocycles. The Kier molecular flexibility index (Phi) is 5.62. The van der Waals surface area contributed by atoms with Gasteiger partial charge < -0.3 is 5.32 Å². The molecule has 1 aromatic rings. The molecular weight excluding hydrogens is 248 g/mol. The fraction of sp³-hybridized carbons (Fsp3) is 0.538. The monoisotopic (exact) mass is 270 g/mol. The molecule has 0 aliphatic rings. The predicted octanol–water partition coefficient (Wildman–Crippen LogP) is 2.44. The van der Waals surface area contributed by atoms with Crippen LogP contribution in [0.1, 0.15) is 26.7 Å². The van der Waals surface area contributed by atoms with Crippen molar-refractivity contribution < 1.29 is 8.42 Å². The summed E-state index contributed by atoms with van der Waals surface area (Å²) in [6, 6.07) is 6.96. The van der Waals surface area contributed by atoms with Crippen LogP contribution in [0.25, 0.3) is 0 Å². The Morgan fingerprint density at radius 1 is 1.22 bits per heavy atom. The van der Waals surface area contributed by atoms with Crippen LogP contribution in [0.4, 0.5) is 5.69 Å². The standard InChI is InChI=1S/C13H22N2O2S/c1-11(2)7-6-10-15-12-8-4-5-9-13(12)18(16,17)14-3/h4-5,8-9,11,14-15H,6-7,10H2,1-3H3. The highest BCUT2D eigenvalue weighted by Crippen LogP contribution is 2.20. The van der Waals surface area contributed by atoms with E-state index in [0.717, 1.165) is 19.4 Å². The highest BCUT2D eigenvalue weighted by molar-refractivity contribution is 7.89. The molecule has 1 rings (SSSR count). The van der Waals surface area contributed by atoms with Gasteiger partial charge in [0.2, 0.25) is 10.0 Å². The predicted molar refractivity (Wildman–Crippen MR) is 75.2 cm³/mol. The molecule has 0 amide bonds. The van der Waals surface area contributed by atoms with E-state index in [1.54, 1.807) is 18.2 Å². The fourth-order valence-corrected chi connectivity index (χ4v) is 2.60. The largest absolute Gasteiger partial charge is 0.384 e. The van der Waals surface area contributed by atoms with Crippen molar-refractivity contribution in [3.05, 3.63) is 24.3 Å².